The number of hydrogen-bond donors (Lipinski definition) is 1. The highest BCUT2D eigenvalue weighted by atomic mass is 35.5. The van der Waals surface area contributed by atoms with Crippen LogP contribution in [0, 0.1) is 0 Å². The molecule has 132 valence electrons. The lowest BCUT2D eigenvalue weighted by Gasteiger charge is -2.21. The normalized spacial score (nSPS) is 13.4. The zero-order valence-corrected chi connectivity index (χ0v) is 14.8. The van der Waals surface area contributed by atoms with Crippen LogP contribution >= 0.6 is 23.2 Å². The fourth-order valence-corrected chi connectivity index (χ4v) is 2.62. The van der Waals surface area contributed by atoms with Gasteiger partial charge in [-0.25, -0.2) is 14.6 Å². The van der Waals surface area contributed by atoms with Crippen molar-refractivity contribution in [2.45, 2.75) is 25.4 Å². The number of benzene rings is 1. The number of rotatable bonds is 5. The third-order valence-corrected chi connectivity index (χ3v) is 4.51. The predicted molar refractivity (Wildman–Crippen MR) is 91.9 cm³/mol. The monoisotopic (exact) mass is 383 g/mol. The lowest BCUT2D eigenvalue weighted by Crippen LogP contribution is -2.36. The van der Waals surface area contributed by atoms with E-state index in [1.54, 1.807) is 23.1 Å². The molecule has 0 aliphatic heterocycles. The van der Waals surface area contributed by atoms with Crippen LogP contribution in [0.2, 0.25) is 10.0 Å². The number of oxazole rings is 1. The summed E-state index contributed by atoms with van der Waals surface area (Å²) in [5.74, 6) is -0.345. The molecule has 0 saturated heterocycles. The van der Waals surface area contributed by atoms with Crippen LogP contribution in [0.4, 0.5) is 10.5 Å². The van der Waals surface area contributed by atoms with Gasteiger partial charge in [0, 0.05) is 6.04 Å². The van der Waals surface area contributed by atoms with E-state index < -0.39 is 5.97 Å². The van der Waals surface area contributed by atoms with Crippen LogP contribution < -0.4 is 5.32 Å². The van der Waals surface area contributed by atoms with Crippen molar-refractivity contribution < 1.29 is 18.7 Å². The van der Waals surface area contributed by atoms with E-state index in [1.165, 1.54) is 13.4 Å². The van der Waals surface area contributed by atoms with Gasteiger partial charge < -0.3 is 19.4 Å². The number of carbonyl (C=O) groups excluding carboxylic acids is 2. The summed E-state index contributed by atoms with van der Waals surface area (Å²) in [6.07, 6.45) is 2.99. The van der Waals surface area contributed by atoms with Gasteiger partial charge in [-0.05, 0) is 25.0 Å². The summed E-state index contributed by atoms with van der Waals surface area (Å²) >= 11 is 12.1. The SMILES string of the molecule is COC(=O)c1coc(CN(C(=O)Nc2cccc(Cl)c2Cl)C2CC2)n1. The minimum absolute atomic E-state index is 0.0616. The van der Waals surface area contributed by atoms with E-state index >= 15 is 0 Å². The Labute approximate surface area is 153 Å². The molecule has 1 aromatic carbocycles. The molecule has 1 fully saturated rings. The standard InChI is InChI=1S/C16H15Cl2N3O4/c1-24-15(22)12-8-25-13(19-12)7-21(9-5-6-9)16(23)20-11-4-2-3-10(17)14(11)18/h2-4,8-9H,5-7H2,1H3,(H,20,23). The molecule has 1 N–H and O–H groups in total. The van der Waals surface area contributed by atoms with E-state index in [1.807, 2.05) is 0 Å². The summed E-state index contributed by atoms with van der Waals surface area (Å²) in [6.45, 7) is 0.131. The van der Waals surface area contributed by atoms with Crippen molar-refractivity contribution in [3.63, 3.8) is 0 Å². The van der Waals surface area contributed by atoms with Crippen molar-refractivity contribution in [2.75, 3.05) is 12.4 Å². The fourth-order valence-electron chi connectivity index (χ4n) is 2.27. The highest BCUT2D eigenvalue weighted by Gasteiger charge is 2.34. The Morgan fingerprint density at radius 3 is 2.84 bits per heavy atom. The van der Waals surface area contributed by atoms with Gasteiger partial charge in [-0.1, -0.05) is 29.3 Å². The number of esters is 1. The van der Waals surface area contributed by atoms with Crippen LogP contribution in [-0.2, 0) is 11.3 Å². The van der Waals surface area contributed by atoms with Gasteiger partial charge in [-0.3, -0.25) is 0 Å². The number of anilines is 1. The van der Waals surface area contributed by atoms with E-state index in [-0.39, 0.29) is 35.2 Å². The quantitative estimate of drug-likeness (QED) is 0.789. The number of nitrogens with one attached hydrogen (secondary N) is 1. The molecule has 1 aliphatic rings. The molecular formula is C16H15Cl2N3O4. The maximum atomic E-state index is 12.6. The predicted octanol–water partition coefficient (Wildman–Crippen LogP) is 3.96. The van der Waals surface area contributed by atoms with Crippen LogP contribution in [0.25, 0.3) is 0 Å². The van der Waals surface area contributed by atoms with Crippen LogP contribution in [0.1, 0.15) is 29.2 Å². The number of amides is 2. The van der Waals surface area contributed by atoms with Gasteiger partial charge in [0.15, 0.2) is 5.69 Å². The van der Waals surface area contributed by atoms with Gasteiger partial charge >= 0.3 is 12.0 Å². The Kier molecular flexibility index (Phi) is 5.15. The maximum Gasteiger partial charge on any atom is 0.360 e. The summed E-state index contributed by atoms with van der Waals surface area (Å²) in [6, 6.07) is 4.75. The lowest BCUT2D eigenvalue weighted by molar-refractivity contribution is 0.0594. The molecule has 1 saturated carbocycles. The van der Waals surface area contributed by atoms with Crippen molar-refractivity contribution in [3.05, 3.63) is 46.1 Å². The molecule has 2 amide bonds. The molecule has 0 bridgehead atoms. The Bertz CT molecular complexity index is 804. The van der Waals surface area contributed by atoms with Gasteiger partial charge in [-0.15, -0.1) is 0 Å². The number of urea groups is 1. The summed E-state index contributed by atoms with van der Waals surface area (Å²) in [7, 11) is 1.26. The molecule has 9 heteroatoms. The fraction of sp³-hybridized carbons (Fsp3) is 0.312. The number of hydrogen-bond acceptors (Lipinski definition) is 5. The highest BCUT2D eigenvalue weighted by Crippen LogP contribution is 2.32. The minimum atomic E-state index is -0.594. The smallest absolute Gasteiger partial charge is 0.360 e. The first kappa shape index (κ1) is 17.6. The zero-order chi connectivity index (χ0) is 18.0. The van der Waals surface area contributed by atoms with Crippen molar-refractivity contribution in [1.29, 1.82) is 0 Å². The molecule has 2 aromatic rings. The Morgan fingerprint density at radius 2 is 2.16 bits per heavy atom. The number of aromatic nitrogens is 1. The summed E-state index contributed by atoms with van der Waals surface area (Å²) in [5, 5.41) is 3.37. The van der Waals surface area contributed by atoms with E-state index in [9.17, 15) is 9.59 Å². The Hall–Kier alpha value is -2.25. The van der Waals surface area contributed by atoms with E-state index in [2.05, 4.69) is 15.0 Å². The largest absolute Gasteiger partial charge is 0.464 e. The third-order valence-electron chi connectivity index (χ3n) is 3.69. The average molecular weight is 384 g/mol. The number of carbonyl (C=O) groups is 2. The van der Waals surface area contributed by atoms with E-state index in [0.717, 1.165) is 12.8 Å². The van der Waals surface area contributed by atoms with Crippen molar-refractivity contribution in [1.82, 2.24) is 9.88 Å². The number of ether oxygens (including phenoxy) is 1. The van der Waals surface area contributed by atoms with Gasteiger partial charge in [-0.2, -0.15) is 0 Å². The van der Waals surface area contributed by atoms with Gasteiger partial charge in [0.05, 0.1) is 29.4 Å². The highest BCUT2D eigenvalue weighted by molar-refractivity contribution is 6.43. The number of nitrogens with zero attached hydrogens (tertiary/aromatic N) is 2. The van der Waals surface area contributed by atoms with Crippen LogP contribution in [0.3, 0.4) is 0 Å². The van der Waals surface area contributed by atoms with Crippen molar-refractivity contribution >= 4 is 40.9 Å². The molecule has 0 radical (unpaired) electrons. The molecule has 1 heterocycles. The van der Waals surface area contributed by atoms with Crippen LogP contribution in [0.15, 0.2) is 28.9 Å². The molecule has 7 nitrogen and oxygen atoms in total. The number of methoxy groups -OCH3 is 1. The number of halogens is 2. The van der Waals surface area contributed by atoms with E-state index in [4.69, 9.17) is 27.6 Å². The van der Waals surface area contributed by atoms with E-state index in [0.29, 0.717) is 10.7 Å². The van der Waals surface area contributed by atoms with Crippen molar-refractivity contribution in [2.24, 2.45) is 0 Å². The first-order chi connectivity index (χ1) is 12.0. The van der Waals surface area contributed by atoms with Crippen molar-refractivity contribution in [3.8, 4) is 0 Å². The topological polar surface area (TPSA) is 84.7 Å². The molecule has 3 rings (SSSR count). The van der Waals surface area contributed by atoms with Crippen LogP contribution in [0.5, 0.6) is 0 Å². The van der Waals surface area contributed by atoms with Gasteiger partial charge in [0.25, 0.3) is 0 Å². The molecular weight excluding hydrogens is 369 g/mol. The van der Waals surface area contributed by atoms with Gasteiger partial charge in [0.2, 0.25) is 5.89 Å². The third kappa shape index (κ3) is 4.05. The molecule has 0 unspecified atom stereocenters. The first-order valence-electron chi connectivity index (χ1n) is 7.54. The van der Waals surface area contributed by atoms with Crippen LogP contribution in [-0.4, -0.2) is 35.0 Å². The first-order valence-corrected chi connectivity index (χ1v) is 8.29. The molecule has 0 atom stereocenters. The lowest BCUT2D eigenvalue weighted by atomic mass is 10.3. The second kappa shape index (κ2) is 7.33. The summed E-state index contributed by atoms with van der Waals surface area (Å²) < 4.78 is 9.84. The molecule has 1 aliphatic carbocycles. The zero-order valence-electron chi connectivity index (χ0n) is 13.3. The maximum absolute atomic E-state index is 12.6. The second-order valence-corrected chi connectivity index (χ2v) is 6.29. The molecule has 1 aromatic heterocycles. The Balaban J connectivity index is 1.73. The second-order valence-electron chi connectivity index (χ2n) is 5.51. The molecule has 0 spiro atoms. The average Bonchev–Trinajstić information content (AvgIpc) is 3.33. The molecule has 25 heavy (non-hydrogen) atoms. The summed E-state index contributed by atoms with van der Waals surface area (Å²) in [4.78, 5) is 29.7. The minimum Gasteiger partial charge on any atom is -0.464 e. The van der Waals surface area contributed by atoms with Gasteiger partial charge in [0.1, 0.15) is 6.26 Å². The summed E-state index contributed by atoms with van der Waals surface area (Å²) in [5.41, 5.74) is 0.485. The Morgan fingerprint density at radius 1 is 1.40 bits per heavy atom.